The summed E-state index contributed by atoms with van der Waals surface area (Å²) in [5.41, 5.74) is 0. The van der Waals surface area contributed by atoms with Gasteiger partial charge in [-0.05, 0) is 19.4 Å². The van der Waals surface area contributed by atoms with Gasteiger partial charge in [-0.25, -0.2) is 0 Å². The van der Waals surface area contributed by atoms with E-state index >= 15 is 0 Å². The molecule has 0 aromatic rings. The Morgan fingerprint density at radius 2 is 2.31 bits per heavy atom. The van der Waals surface area contributed by atoms with Crippen LogP contribution in [0.5, 0.6) is 0 Å². The summed E-state index contributed by atoms with van der Waals surface area (Å²) in [6.45, 7) is 8.51. The molecule has 0 saturated carbocycles. The number of ether oxygens (including phenoxy) is 1. The number of unbranched alkanes of at least 4 members (excludes halogenated alkanes) is 1. The predicted octanol–water partition coefficient (Wildman–Crippen LogP) is 2.96. The lowest BCUT2D eigenvalue weighted by Crippen LogP contribution is -2.05. The van der Waals surface area contributed by atoms with Gasteiger partial charge in [0.15, 0.2) is 0 Å². The monoisotopic (exact) mass is 181 g/mol. The lowest BCUT2D eigenvalue weighted by molar-refractivity contribution is 0.0949. The molecule has 13 heavy (non-hydrogen) atoms. The zero-order valence-corrected chi connectivity index (χ0v) is 8.57. The smallest absolute Gasteiger partial charge is 0.0745 e. The van der Waals surface area contributed by atoms with E-state index < -0.39 is 0 Å². The van der Waals surface area contributed by atoms with Gasteiger partial charge in [-0.15, -0.1) is 0 Å². The van der Waals surface area contributed by atoms with Crippen LogP contribution in [0.15, 0.2) is 29.9 Å². The van der Waals surface area contributed by atoms with Crippen LogP contribution in [0.4, 0.5) is 0 Å². The minimum atomic E-state index is 0.147. The molecule has 1 atom stereocenters. The molecule has 74 valence electrons. The van der Waals surface area contributed by atoms with Gasteiger partial charge in [-0.3, -0.25) is 4.99 Å². The van der Waals surface area contributed by atoms with E-state index in [0.29, 0.717) is 0 Å². The molecule has 0 amide bonds. The van der Waals surface area contributed by atoms with Crippen molar-refractivity contribution in [2.24, 2.45) is 4.99 Å². The van der Waals surface area contributed by atoms with Crippen molar-refractivity contribution in [1.82, 2.24) is 0 Å². The summed E-state index contributed by atoms with van der Waals surface area (Å²) in [7, 11) is 0. The Hall–Kier alpha value is -0.890. The van der Waals surface area contributed by atoms with E-state index in [4.69, 9.17) is 4.74 Å². The summed E-state index contributed by atoms with van der Waals surface area (Å²) in [4.78, 5) is 3.95. The highest BCUT2D eigenvalue weighted by Crippen LogP contribution is 1.96. The van der Waals surface area contributed by atoms with Crippen LogP contribution in [0.3, 0.4) is 0 Å². The molecule has 0 N–H and O–H groups in total. The third kappa shape index (κ3) is 9.02. The van der Waals surface area contributed by atoms with E-state index in [9.17, 15) is 0 Å². The quantitative estimate of drug-likeness (QED) is 0.437. The average molecular weight is 181 g/mol. The Bertz CT molecular complexity index is 173. The number of rotatable bonds is 7. The zero-order valence-electron chi connectivity index (χ0n) is 8.57. The highest BCUT2D eigenvalue weighted by molar-refractivity contribution is 5.70. The Morgan fingerprint density at radius 3 is 2.92 bits per heavy atom. The fourth-order valence-electron chi connectivity index (χ4n) is 0.751. The fraction of sp³-hybridized carbons (Fsp3) is 0.545. The molecule has 0 fully saturated rings. The second-order valence-corrected chi connectivity index (χ2v) is 2.80. The van der Waals surface area contributed by atoms with Crippen molar-refractivity contribution in [3.63, 3.8) is 0 Å². The Kier molecular flexibility index (Phi) is 8.57. The molecule has 2 nitrogen and oxygen atoms in total. The molecule has 0 aliphatic heterocycles. The van der Waals surface area contributed by atoms with Crippen LogP contribution in [0.2, 0.25) is 0 Å². The van der Waals surface area contributed by atoms with Crippen LogP contribution in [-0.2, 0) is 4.74 Å². The normalized spacial score (nSPS) is 14.0. The van der Waals surface area contributed by atoms with Crippen molar-refractivity contribution in [3.05, 3.63) is 24.9 Å². The largest absolute Gasteiger partial charge is 0.374 e. The molecule has 0 saturated heterocycles. The van der Waals surface area contributed by atoms with Gasteiger partial charge in [0.2, 0.25) is 0 Å². The highest BCUT2D eigenvalue weighted by atomic mass is 16.5. The van der Waals surface area contributed by atoms with Crippen molar-refractivity contribution in [3.8, 4) is 0 Å². The number of aliphatic imine (C=N–C) groups is 1. The number of hydrogen-bond acceptors (Lipinski definition) is 2. The summed E-state index contributed by atoms with van der Waals surface area (Å²) in [5.74, 6) is 0. The maximum Gasteiger partial charge on any atom is 0.0745 e. The zero-order chi connectivity index (χ0) is 9.94. The van der Waals surface area contributed by atoms with Crippen molar-refractivity contribution < 1.29 is 4.74 Å². The summed E-state index contributed by atoms with van der Waals surface area (Å²) in [6, 6.07) is 0. The molecule has 0 aromatic carbocycles. The van der Waals surface area contributed by atoms with E-state index in [0.717, 1.165) is 13.0 Å². The van der Waals surface area contributed by atoms with Crippen molar-refractivity contribution in [2.75, 3.05) is 6.61 Å². The van der Waals surface area contributed by atoms with Crippen LogP contribution in [0.1, 0.15) is 26.7 Å². The molecule has 0 bridgehead atoms. The molecule has 0 heterocycles. The predicted molar refractivity (Wildman–Crippen MR) is 58.2 cm³/mol. The van der Waals surface area contributed by atoms with Crippen molar-refractivity contribution in [2.45, 2.75) is 32.8 Å². The van der Waals surface area contributed by atoms with Crippen LogP contribution >= 0.6 is 0 Å². The molecule has 0 radical (unpaired) electrons. The Morgan fingerprint density at radius 1 is 1.54 bits per heavy atom. The lowest BCUT2D eigenvalue weighted by Gasteiger charge is -2.06. The Labute approximate surface area is 81.0 Å². The molecule has 1 unspecified atom stereocenters. The lowest BCUT2D eigenvalue weighted by atomic mass is 10.3. The van der Waals surface area contributed by atoms with Gasteiger partial charge in [0, 0.05) is 19.0 Å². The van der Waals surface area contributed by atoms with Crippen molar-refractivity contribution in [1.29, 1.82) is 0 Å². The molecule has 0 aliphatic carbocycles. The first kappa shape index (κ1) is 12.1. The first-order valence-corrected chi connectivity index (χ1v) is 4.73. The van der Waals surface area contributed by atoms with Gasteiger partial charge in [0.25, 0.3) is 0 Å². The van der Waals surface area contributed by atoms with E-state index in [-0.39, 0.29) is 6.10 Å². The average Bonchev–Trinajstić information content (AvgIpc) is 2.13. The summed E-state index contributed by atoms with van der Waals surface area (Å²) < 4.78 is 5.48. The maximum atomic E-state index is 5.48. The molecular formula is C11H19NO. The Balaban J connectivity index is 3.48. The van der Waals surface area contributed by atoms with Gasteiger partial charge < -0.3 is 4.74 Å². The van der Waals surface area contributed by atoms with E-state index in [2.05, 4.69) is 18.5 Å². The molecule has 0 spiro atoms. The first-order valence-electron chi connectivity index (χ1n) is 4.73. The summed E-state index contributed by atoms with van der Waals surface area (Å²) in [6.07, 6.45) is 9.39. The van der Waals surface area contributed by atoms with Crippen molar-refractivity contribution >= 4 is 6.21 Å². The minimum Gasteiger partial charge on any atom is -0.374 e. The number of nitrogens with zero attached hydrogens (tertiary/aromatic N) is 1. The maximum absolute atomic E-state index is 5.48. The van der Waals surface area contributed by atoms with Crippen LogP contribution < -0.4 is 0 Å². The van der Waals surface area contributed by atoms with Crippen LogP contribution in [0, 0.1) is 0 Å². The van der Waals surface area contributed by atoms with Gasteiger partial charge in [0.1, 0.15) is 0 Å². The second kappa shape index (κ2) is 9.20. The molecular weight excluding hydrogens is 162 g/mol. The highest BCUT2D eigenvalue weighted by Gasteiger charge is 1.93. The molecule has 2 heteroatoms. The molecule has 0 rings (SSSR count). The third-order valence-corrected chi connectivity index (χ3v) is 1.51. The van der Waals surface area contributed by atoms with Crippen LogP contribution in [-0.4, -0.2) is 18.9 Å². The third-order valence-electron chi connectivity index (χ3n) is 1.51. The fourth-order valence-corrected chi connectivity index (χ4v) is 0.751. The van der Waals surface area contributed by atoms with Gasteiger partial charge in [-0.2, -0.15) is 0 Å². The second-order valence-electron chi connectivity index (χ2n) is 2.80. The number of allylic oxidation sites excluding steroid dienone is 1. The van der Waals surface area contributed by atoms with Crippen LogP contribution in [0.25, 0.3) is 0 Å². The molecule has 0 aliphatic rings. The minimum absolute atomic E-state index is 0.147. The SMILES string of the molecule is C=C/C=N\C=CC(C)OCCCC. The standard InChI is InChI=1S/C11H19NO/c1-4-6-10-13-11(3)7-9-12-8-5-2/h5,7-9,11H,2,4,6,10H2,1,3H3/b9-7?,12-8-. The van der Waals surface area contributed by atoms with E-state index in [1.54, 1.807) is 18.5 Å². The molecule has 0 aromatic heterocycles. The first-order chi connectivity index (χ1) is 6.31. The van der Waals surface area contributed by atoms with E-state index in [1.165, 1.54) is 6.42 Å². The topological polar surface area (TPSA) is 21.6 Å². The van der Waals surface area contributed by atoms with Gasteiger partial charge in [-0.1, -0.05) is 26.0 Å². The van der Waals surface area contributed by atoms with E-state index in [1.807, 2.05) is 13.0 Å². The van der Waals surface area contributed by atoms with Gasteiger partial charge >= 0.3 is 0 Å². The summed E-state index contributed by atoms with van der Waals surface area (Å²) in [5, 5.41) is 0. The number of hydrogen-bond donors (Lipinski definition) is 0. The summed E-state index contributed by atoms with van der Waals surface area (Å²) >= 11 is 0. The van der Waals surface area contributed by atoms with Gasteiger partial charge in [0.05, 0.1) is 6.10 Å².